The molecule has 2 nitrogen and oxygen atoms in total. The summed E-state index contributed by atoms with van der Waals surface area (Å²) in [6.07, 6.45) is 0.919. The molecule has 0 spiro atoms. The van der Waals surface area contributed by atoms with E-state index in [1.54, 1.807) is 27.7 Å². The first-order valence-electron chi connectivity index (χ1n) is 6.41. The Labute approximate surface area is 136 Å². The highest BCUT2D eigenvalue weighted by Crippen LogP contribution is 2.39. The van der Waals surface area contributed by atoms with Crippen LogP contribution in [0, 0.1) is 15.2 Å². The Balaban J connectivity index is 2.34. The monoisotopic (exact) mass is 410 g/mol. The van der Waals surface area contributed by atoms with Gasteiger partial charge in [0.25, 0.3) is 0 Å². The first-order chi connectivity index (χ1) is 9.55. The van der Waals surface area contributed by atoms with Crippen molar-refractivity contribution in [1.82, 2.24) is 0 Å². The first-order valence-corrected chi connectivity index (χ1v) is 7.49. The maximum Gasteiger partial charge on any atom is 0.525 e. The lowest BCUT2D eigenvalue weighted by atomic mass is 9.87. The van der Waals surface area contributed by atoms with Crippen LogP contribution in [0.15, 0.2) is 17.9 Å². The molecule has 7 heteroatoms. The molecule has 0 aliphatic carbocycles. The minimum absolute atomic E-state index is 0.150. The van der Waals surface area contributed by atoms with Gasteiger partial charge in [0.05, 0.1) is 11.2 Å². The average molecular weight is 410 g/mol. The van der Waals surface area contributed by atoms with Gasteiger partial charge in [-0.05, 0) is 68.5 Å². The van der Waals surface area contributed by atoms with Crippen molar-refractivity contribution in [2.75, 3.05) is 0 Å². The molecule has 0 aromatic heterocycles. The molecular formula is C14H15BF3IO2. The van der Waals surface area contributed by atoms with Crippen molar-refractivity contribution < 1.29 is 22.5 Å². The molecule has 2 rings (SSSR count). The fourth-order valence-corrected chi connectivity index (χ4v) is 2.41. The molecule has 1 fully saturated rings. The fourth-order valence-electron chi connectivity index (χ4n) is 1.84. The third-order valence-corrected chi connectivity index (χ3v) is 4.78. The van der Waals surface area contributed by atoms with Gasteiger partial charge in [-0.2, -0.15) is 0 Å². The van der Waals surface area contributed by atoms with E-state index in [-0.39, 0.29) is 5.56 Å². The van der Waals surface area contributed by atoms with Crippen molar-refractivity contribution in [2.45, 2.75) is 38.9 Å². The van der Waals surface area contributed by atoms with Gasteiger partial charge in [-0.25, -0.2) is 13.2 Å². The molecule has 1 aromatic rings. The lowest BCUT2D eigenvalue weighted by Crippen LogP contribution is -2.41. The van der Waals surface area contributed by atoms with Crippen LogP contribution in [-0.2, 0) is 9.31 Å². The van der Waals surface area contributed by atoms with E-state index in [1.807, 2.05) is 22.6 Å². The first kappa shape index (κ1) is 16.8. The van der Waals surface area contributed by atoms with E-state index in [9.17, 15) is 13.2 Å². The number of rotatable bonds is 2. The van der Waals surface area contributed by atoms with Crippen LogP contribution < -0.4 is 0 Å². The van der Waals surface area contributed by atoms with E-state index in [0.717, 1.165) is 12.1 Å². The van der Waals surface area contributed by atoms with Crippen LogP contribution in [-0.4, -0.2) is 18.3 Å². The van der Waals surface area contributed by atoms with Gasteiger partial charge in [0, 0.05) is 9.13 Å². The third kappa shape index (κ3) is 3.14. The van der Waals surface area contributed by atoms with E-state index < -0.39 is 35.7 Å². The molecule has 1 aromatic carbocycles. The van der Waals surface area contributed by atoms with E-state index >= 15 is 0 Å². The van der Waals surface area contributed by atoms with Crippen LogP contribution in [0.3, 0.4) is 0 Å². The molecule has 1 aliphatic heterocycles. The topological polar surface area (TPSA) is 18.5 Å². The van der Waals surface area contributed by atoms with E-state index in [2.05, 4.69) is 0 Å². The van der Waals surface area contributed by atoms with Gasteiger partial charge in [-0.15, -0.1) is 0 Å². The fraction of sp³-hybridized carbons (Fsp3) is 0.429. The minimum Gasteiger partial charge on any atom is -0.398 e. The molecule has 0 bridgehead atoms. The molecular weight excluding hydrogens is 395 g/mol. The molecule has 1 saturated heterocycles. The summed E-state index contributed by atoms with van der Waals surface area (Å²) in [5.41, 5.74) is -2.34. The van der Waals surface area contributed by atoms with Crippen LogP contribution in [0.1, 0.15) is 33.3 Å². The Morgan fingerprint density at radius 3 is 2.19 bits per heavy atom. The van der Waals surface area contributed by atoms with Gasteiger partial charge in [-0.3, -0.25) is 0 Å². The lowest BCUT2D eigenvalue weighted by Gasteiger charge is -2.32. The van der Waals surface area contributed by atoms with Gasteiger partial charge >= 0.3 is 7.12 Å². The second-order valence-electron chi connectivity index (χ2n) is 5.87. The molecule has 114 valence electrons. The van der Waals surface area contributed by atoms with Crippen molar-refractivity contribution in [3.8, 4) is 0 Å². The van der Waals surface area contributed by atoms with Gasteiger partial charge in [-0.1, -0.05) is 0 Å². The normalized spacial score (nSPS) is 21.0. The summed E-state index contributed by atoms with van der Waals surface area (Å²) in [6, 6.07) is 2.38. The van der Waals surface area contributed by atoms with Crippen molar-refractivity contribution >= 4 is 35.8 Å². The summed E-state index contributed by atoms with van der Waals surface area (Å²) < 4.78 is 52.7. The smallest absolute Gasteiger partial charge is 0.398 e. The SMILES string of the molecule is CC1(C)OB(C(F)=Cc2c(I)ccc(F)c2F)OC1(C)C. The molecule has 0 saturated carbocycles. The highest BCUT2D eigenvalue weighted by Gasteiger charge is 2.53. The van der Waals surface area contributed by atoms with Crippen molar-refractivity contribution in [1.29, 1.82) is 0 Å². The number of halogens is 4. The van der Waals surface area contributed by atoms with Gasteiger partial charge in [0.1, 0.15) is 5.73 Å². The van der Waals surface area contributed by atoms with Crippen LogP contribution in [0.4, 0.5) is 13.2 Å². The van der Waals surface area contributed by atoms with Gasteiger partial charge in [0.2, 0.25) is 0 Å². The maximum atomic E-state index is 14.3. The molecule has 1 aliphatic rings. The van der Waals surface area contributed by atoms with Crippen LogP contribution in [0.5, 0.6) is 0 Å². The summed E-state index contributed by atoms with van der Waals surface area (Å²) >= 11 is 1.81. The van der Waals surface area contributed by atoms with Crippen LogP contribution in [0.25, 0.3) is 6.08 Å². The number of benzene rings is 1. The Bertz CT molecular complexity index is 586. The highest BCUT2D eigenvalue weighted by molar-refractivity contribution is 14.1. The maximum absolute atomic E-state index is 14.3. The zero-order valence-corrected chi connectivity index (χ0v) is 14.3. The van der Waals surface area contributed by atoms with Gasteiger partial charge in [0.15, 0.2) is 11.6 Å². The molecule has 0 unspecified atom stereocenters. The average Bonchev–Trinajstić information content (AvgIpc) is 2.59. The Hall–Kier alpha value is -0.535. The van der Waals surface area contributed by atoms with Crippen LogP contribution in [0.2, 0.25) is 0 Å². The van der Waals surface area contributed by atoms with Crippen molar-refractivity contribution in [2.24, 2.45) is 0 Å². The predicted octanol–water partition coefficient (Wildman–Crippen LogP) is 4.51. The number of hydrogen-bond donors (Lipinski definition) is 0. The summed E-state index contributed by atoms with van der Waals surface area (Å²) in [6.45, 7) is 7.14. The molecule has 0 amide bonds. The molecule has 0 radical (unpaired) electrons. The Morgan fingerprint density at radius 2 is 1.67 bits per heavy atom. The molecule has 1 heterocycles. The van der Waals surface area contributed by atoms with Crippen molar-refractivity contribution in [3.05, 3.63) is 38.6 Å². The molecule has 0 atom stereocenters. The van der Waals surface area contributed by atoms with E-state index in [1.165, 1.54) is 6.07 Å². The number of hydrogen-bond acceptors (Lipinski definition) is 2. The Kier molecular flexibility index (Phi) is 4.48. The predicted molar refractivity (Wildman–Crippen MR) is 84.2 cm³/mol. The third-order valence-electron chi connectivity index (χ3n) is 3.84. The molecule has 0 N–H and O–H groups in total. The summed E-state index contributed by atoms with van der Waals surface area (Å²) in [5.74, 6) is -2.11. The van der Waals surface area contributed by atoms with E-state index in [4.69, 9.17) is 9.31 Å². The molecule has 21 heavy (non-hydrogen) atoms. The van der Waals surface area contributed by atoms with Crippen LogP contribution >= 0.6 is 22.6 Å². The zero-order chi connectivity index (χ0) is 16.0. The summed E-state index contributed by atoms with van der Waals surface area (Å²) in [7, 11) is -1.23. The van der Waals surface area contributed by atoms with Crippen molar-refractivity contribution in [3.63, 3.8) is 0 Å². The second kappa shape index (κ2) is 5.59. The summed E-state index contributed by atoms with van der Waals surface area (Å²) in [4.78, 5) is 0. The second-order valence-corrected chi connectivity index (χ2v) is 7.04. The Morgan fingerprint density at radius 1 is 1.14 bits per heavy atom. The standard InChI is InChI=1S/C14H15BF3IO2/c1-13(2)14(3,4)21-15(20-13)11(17)7-8-10(19)6-5-9(16)12(8)18/h5-7H,1-4H3. The largest absolute Gasteiger partial charge is 0.525 e. The highest BCUT2D eigenvalue weighted by atomic mass is 127. The lowest BCUT2D eigenvalue weighted by molar-refractivity contribution is 0.00578. The van der Waals surface area contributed by atoms with E-state index in [0.29, 0.717) is 3.57 Å². The summed E-state index contributed by atoms with van der Waals surface area (Å²) in [5, 5.41) is 0. The zero-order valence-electron chi connectivity index (χ0n) is 12.1. The quantitative estimate of drug-likeness (QED) is 0.406. The minimum atomic E-state index is -1.23. The van der Waals surface area contributed by atoms with Gasteiger partial charge < -0.3 is 9.31 Å².